The number of amides is 1. The second-order valence-corrected chi connectivity index (χ2v) is 21.2. The van der Waals surface area contributed by atoms with Crippen LogP contribution in [0.1, 0.15) is 88.7 Å². The van der Waals surface area contributed by atoms with Gasteiger partial charge in [-0.3, -0.25) is 4.52 Å². The molecule has 1 amide bonds. The molecule has 1 heterocycles. The van der Waals surface area contributed by atoms with Crippen LogP contribution in [0.2, 0.25) is 0 Å². The Balaban J connectivity index is 1.48. The second-order valence-electron chi connectivity index (χ2n) is 17.2. The number of alkyl carbamates (subject to hydrolysis) is 1. The van der Waals surface area contributed by atoms with E-state index in [0.29, 0.717) is 13.0 Å². The van der Waals surface area contributed by atoms with Crippen molar-refractivity contribution in [2.45, 2.75) is 131 Å². The first-order chi connectivity index (χ1) is 35.4. The number of unbranched alkanes of at least 4 members (excludes halogenated alkanes) is 8. The number of carbonyl (C=O) groups excluding carboxylic acids is 2. The van der Waals surface area contributed by atoms with Crippen LogP contribution in [0.5, 0.6) is 17.2 Å². The van der Waals surface area contributed by atoms with E-state index >= 15 is 4.57 Å². The zero-order chi connectivity index (χ0) is 52.2. The minimum Gasteiger partial charge on any atom is -0.497 e. The fourth-order valence-electron chi connectivity index (χ4n) is 7.75. The van der Waals surface area contributed by atoms with Gasteiger partial charge in [-0.15, -0.1) is 6.58 Å². The van der Waals surface area contributed by atoms with Gasteiger partial charge in [-0.25, -0.2) is 14.2 Å². The number of methoxy groups -OCH3 is 1. The Bertz CT molecular complexity index is 2170. The first kappa shape index (κ1) is 59.3. The summed E-state index contributed by atoms with van der Waals surface area (Å²) in [5.41, 5.74) is 1.67. The van der Waals surface area contributed by atoms with Gasteiger partial charge in [0.1, 0.15) is 61.4 Å². The maximum atomic E-state index is 15.3. The number of para-hydroxylation sites is 2. The van der Waals surface area contributed by atoms with E-state index in [1.807, 2.05) is 42.5 Å². The molecule has 0 aromatic heterocycles. The molecule has 0 aliphatic carbocycles. The van der Waals surface area contributed by atoms with Crippen molar-refractivity contribution in [2.75, 3.05) is 33.5 Å². The van der Waals surface area contributed by atoms with E-state index in [1.165, 1.54) is 44.6 Å². The van der Waals surface area contributed by atoms with Crippen LogP contribution in [0.4, 0.5) is 9.59 Å². The van der Waals surface area contributed by atoms with Gasteiger partial charge in [-0.2, -0.15) is 0 Å². The molecule has 1 saturated heterocycles. The summed E-state index contributed by atoms with van der Waals surface area (Å²) in [5.74, 6) is 1.00. The van der Waals surface area contributed by atoms with Crippen molar-refractivity contribution in [1.82, 2.24) is 5.32 Å². The Morgan fingerprint density at radius 1 is 0.712 bits per heavy atom. The molecule has 19 heteroatoms. The zero-order valence-electron chi connectivity index (χ0n) is 41.5. The average Bonchev–Trinajstić information content (AvgIpc) is 3.39. The molecular formula is C54H69Cl3NO14P. The van der Waals surface area contributed by atoms with Crippen molar-refractivity contribution in [3.05, 3.63) is 139 Å². The molecule has 0 radical (unpaired) electrons. The topological polar surface area (TPSA) is 165 Å². The summed E-state index contributed by atoms with van der Waals surface area (Å²) < 4.78 is 79.7. The predicted molar refractivity (Wildman–Crippen MR) is 280 cm³/mol. The summed E-state index contributed by atoms with van der Waals surface area (Å²) in [5, 5.41) is 2.73. The lowest BCUT2D eigenvalue weighted by Gasteiger charge is -2.45. The number of ether oxygens (including phenoxy) is 8. The molecule has 0 spiro atoms. The molecule has 1 aliphatic heterocycles. The third kappa shape index (κ3) is 22.9. The average molecular weight is 1090 g/mol. The Hall–Kier alpha value is -4.54. The van der Waals surface area contributed by atoms with Crippen LogP contribution in [0.25, 0.3) is 0 Å². The Kier molecular flexibility index (Phi) is 26.6. The number of alkyl halides is 3. The molecule has 0 bridgehead atoms. The maximum Gasteiger partial charge on any atom is 0.588 e. The first-order valence-corrected chi connectivity index (χ1v) is 27.3. The molecule has 1 fully saturated rings. The van der Waals surface area contributed by atoms with Gasteiger partial charge in [0.2, 0.25) is 3.79 Å². The van der Waals surface area contributed by atoms with Crippen LogP contribution < -0.4 is 19.1 Å². The van der Waals surface area contributed by atoms with Crippen LogP contribution in [-0.4, -0.2) is 86.3 Å². The number of hydrogen-bond acceptors (Lipinski definition) is 14. The summed E-state index contributed by atoms with van der Waals surface area (Å²) >= 11 is 17.9. The highest BCUT2D eigenvalue weighted by molar-refractivity contribution is 7.49. The van der Waals surface area contributed by atoms with Gasteiger partial charge in [-0.05, 0) is 60.4 Å². The molecule has 1 N–H and O–H groups in total. The molecule has 4 aromatic carbocycles. The summed E-state index contributed by atoms with van der Waals surface area (Å²) in [6, 6.07) is 31.9. The highest BCUT2D eigenvalue weighted by Crippen LogP contribution is 2.52. The van der Waals surface area contributed by atoms with E-state index in [-0.39, 0.29) is 37.4 Å². The fourth-order valence-corrected chi connectivity index (χ4v) is 9.35. The van der Waals surface area contributed by atoms with Crippen molar-refractivity contribution in [3.63, 3.8) is 0 Å². The quantitative estimate of drug-likeness (QED) is 0.0157. The molecule has 400 valence electrons. The monoisotopic (exact) mass is 1090 g/mol. The molecule has 0 saturated carbocycles. The predicted octanol–water partition coefficient (Wildman–Crippen LogP) is 13.7. The summed E-state index contributed by atoms with van der Waals surface area (Å²) in [7, 11) is -3.18. The maximum absolute atomic E-state index is 15.3. The number of benzene rings is 4. The van der Waals surface area contributed by atoms with Gasteiger partial charge in [0, 0.05) is 6.61 Å². The first-order valence-electron chi connectivity index (χ1n) is 24.7. The van der Waals surface area contributed by atoms with Gasteiger partial charge >= 0.3 is 20.1 Å². The lowest BCUT2D eigenvalue weighted by atomic mass is 9.96. The molecule has 1 aliphatic rings. The molecule has 6 atom stereocenters. The van der Waals surface area contributed by atoms with Crippen molar-refractivity contribution >= 4 is 54.9 Å². The lowest BCUT2D eigenvalue weighted by molar-refractivity contribution is -0.271. The number of hydrogen-bond donors (Lipinski definition) is 1. The van der Waals surface area contributed by atoms with E-state index in [9.17, 15) is 9.59 Å². The summed E-state index contributed by atoms with van der Waals surface area (Å²) in [6.07, 6.45) is 5.02. The third-order valence-electron chi connectivity index (χ3n) is 11.4. The van der Waals surface area contributed by atoms with Crippen LogP contribution >= 0.6 is 42.6 Å². The van der Waals surface area contributed by atoms with Gasteiger partial charge in [0.15, 0.2) is 6.29 Å². The van der Waals surface area contributed by atoms with Gasteiger partial charge < -0.3 is 52.3 Å². The van der Waals surface area contributed by atoms with Gasteiger partial charge in [0.05, 0.1) is 26.4 Å². The highest BCUT2D eigenvalue weighted by atomic mass is 35.6. The van der Waals surface area contributed by atoms with E-state index in [1.54, 1.807) is 79.9 Å². The van der Waals surface area contributed by atoms with Crippen molar-refractivity contribution in [3.8, 4) is 17.2 Å². The molecule has 0 unspecified atom stereocenters. The fraction of sp³-hybridized carbons (Fsp3) is 0.481. The van der Waals surface area contributed by atoms with E-state index < -0.39 is 67.7 Å². The number of rotatable bonds is 33. The van der Waals surface area contributed by atoms with E-state index in [0.717, 1.165) is 42.6 Å². The molecule has 5 rings (SSSR count). The minimum absolute atomic E-state index is 0.000865. The third-order valence-corrected chi connectivity index (χ3v) is 13.1. The number of phosphoric acid groups is 1. The van der Waals surface area contributed by atoms with Crippen molar-refractivity contribution < 1.29 is 65.6 Å². The van der Waals surface area contributed by atoms with Crippen molar-refractivity contribution in [1.29, 1.82) is 0 Å². The van der Waals surface area contributed by atoms with Crippen LogP contribution in [0, 0.1) is 0 Å². The van der Waals surface area contributed by atoms with E-state index in [4.69, 9.17) is 86.3 Å². The minimum atomic E-state index is -4.80. The standard InChI is InChI=1S/C54H69Cl3NO14P/c1-4-6-7-8-9-10-11-12-18-25-44(65-37-42-30-32-43(62-3)33-31-42)34-36-63-50-48(58-52(59)68-40-54(55,56)57)51(64-35-5-2)69-47(39-67-53(60)66-38-41-23-16-13-17-24-41)49(50)72-73(61,70-45-26-19-14-20-27-45)71-46-28-21-15-22-29-46/h5,13-17,19-24,26-33,44,47-51H,2,4,6-12,18,25,34-40H2,1,3H3,(H,58,59)/t44-,47+,48-,49+,50+,51-/m0/s1. The number of phosphoric ester groups is 1. The Morgan fingerprint density at radius 3 is 1.89 bits per heavy atom. The lowest BCUT2D eigenvalue weighted by Crippen LogP contribution is -2.66. The van der Waals surface area contributed by atoms with Gasteiger partial charge in [-0.1, -0.05) is 184 Å². The molecule has 4 aromatic rings. The van der Waals surface area contributed by atoms with Crippen LogP contribution in [0.15, 0.2) is 128 Å². The van der Waals surface area contributed by atoms with Crippen LogP contribution in [0.3, 0.4) is 0 Å². The largest absolute Gasteiger partial charge is 0.588 e. The zero-order valence-corrected chi connectivity index (χ0v) is 44.7. The number of carbonyl (C=O) groups is 2. The summed E-state index contributed by atoms with van der Waals surface area (Å²) in [4.78, 5) is 26.9. The highest BCUT2D eigenvalue weighted by Gasteiger charge is 2.53. The number of nitrogens with one attached hydrogen (secondary N) is 1. The second kappa shape index (κ2) is 32.7. The number of halogens is 3. The van der Waals surface area contributed by atoms with Crippen LogP contribution in [-0.2, 0) is 55.5 Å². The normalized spacial score (nSPS) is 18.2. The van der Waals surface area contributed by atoms with Gasteiger partial charge in [0.25, 0.3) is 0 Å². The Labute approximate surface area is 444 Å². The van der Waals surface area contributed by atoms with E-state index in [2.05, 4.69) is 18.8 Å². The molecule has 15 nitrogen and oxygen atoms in total. The summed E-state index contributed by atoms with van der Waals surface area (Å²) in [6.45, 7) is 4.97. The SMILES string of the molecule is C=CCO[C@H]1O[C@H](COC(=O)OCc2ccccc2)[C@@H](OP(=O)(Oc2ccccc2)Oc2ccccc2)[C@H](OCC[C@H](CCCCCCCCCCC)OCc2ccc(OC)cc2)[C@@H]1NC(=O)OCC(Cl)(Cl)Cl. The Morgan fingerprint density at radius 2 is 1.30 bits per heavy atom. The smallest absolute Gasteiger partial charge is 0.497 e. The molecular weight excluding hydrogens is 1020 g/mol. The van der Waals surface area contributed by atoms with Crippen molar-refractivity contribution in [2.24, 2.45) is 0 Å². The molecule has 73 heavy (non-hydrogen) atoms.